The number of ether oxygens (including phenoxy) is 1. The number of aromatic nitrogens is 5. The third-order valence-corrected chi connectivity index (χ3v) is 7.26. The fourth-order valence-corrected chi connectivity index (χ4v) is 5.34. The van der Waals surface area contributed by atoms with E-state index in [9.17, 15) is 9.59 Å². The van der Waals surface area contributed by atoms with E-state index in [1.807, 2.05) is 47.3 Å². The Labute approximate surface area is 204 Å². The number of rotatable bonds is 7. The fourth-order valence-electron chi connectivity index (χ4n) is 5.34. The van der Waals surface area contributed by atoms with Gasteiger partial charge in [0.1, 0.15) is 16.7 Å². The van der Waals surface area contributed by atoms with Gasteiger partial charge in [-0.3, -0.25) is 14.3 Å². The van der Waals surface area contributed by atoms with Crippen molar-refractivity contribution in [2.24, 2.45) is 24.8 Å². The van der Waals surface area contributed by atoms with E-state index < -0.39 is 0 Å². The minimum absolute atomic E-state index is 0.00947. The predicted molar refractivity (Wildman–Crippen MR) is 134 cm³/mol. The number of carbonyl (C=O) groups is 1. The molecular weight excluding hydrogens is 446 g/mol. The van der Waals surface area contributed by atoms with Crippen LogP contribution in [0.2, 0.25) is 0 Å². The van der Waals surface area contributed by atoms with E-state index in [-0.39, 0.29) is 11.5 Å². The van der Waals surface area contributed by atoms with E-state index in [4.69, 9.17) is 4.74 Å². The lowest BCUT2D eigenvalue weighted by molar-refractivity contribution is -0.125. The lowest BCUT2D eigenvalue weighted by Crippen LogP contribution is -2.31. The van der Waals surface area contributed by atoms with Crippen LogP contribution in [-0.2, 0) is 18.4 Å². The summed E-state index contributed by atoms with van der Waals surface area (Å²) in [6, 6.07) is 0.345. The molecule has 1 amide bonds. The molecule has 1 aliphatic heterocycles. The molecular formula is C25H33N7O3. The van der Waals surface area contributed by atoms with Crippen molar-refractivity contribution < 1.29 is 9.53 Å². The van der Waals surface area contributed by atoms with Crippen LogP contribution in [0.4, 0.5) is 11.4 Å². The monoisotopic (exact) mass is 479 g/mol. The van der Waals surface area contributed by atoms with Gasteiger partial charge >= 0.3 is 0 Å². The smallest absolute Gasteiger partial charge is 0.276 e. The Morgan fingerprint density at radius 2 is 1.94 bits per heavy atom. The van der Waals surface area contributed by atoms with Crippen molar-refractivity contribution in [1.82, 2.24) is 28.8 Å². The zero-order chi connectivity index (χ0) is 24.9. The number of nitrogens with zero attached hydrogens (tertiary/aromatic N) is 6. The van der Waals surface area contributed by atoms with Crippen LogP contribution in [0.25, 0.3) is 11.0 Å². The molecule has 2 unspecified atom stereocenters. The summed E-state index contributed by atoms with van der Waals surface area (Å²) in [5, 5.41) is 7.71. The van der Waals surface area contributed by atoms with Gasteiger partial charge in [0.25, 0.3) is 11.4 Å². The number of hydrogen-bond donors (Lipinski definition) is 1. The summed E-state index contributed by atoms with van der Waals surface area (Å²) in [4.78, 5) is 31.9. The number of carbonyl (C=O) groups excluding carboxylic acids is 1. The average molecular weight is 480 g/mol. The summed E-state index contributed by atoms with van der Waals surface area (Å²) in [7, 11) is 3.41. The molecule has 0 bridgehead atoms. The Hall–Kier alpha value is -3.56. The van der Waals surface area contributed by atoms with E-state index in [1.165, 1.54) is 6.08 Å². The number of nitrogens with one attached hydrogen (secondary N) is 1. The van der Waals surface area contributed by atoms with Gasteiger partial charge in [0.15, 0.2) is 0 Å². The van der Waals surface area contributed by atoms with Gasteiger partial charge in [-0.05, 0) is 36.7 Å². The van der Waals surface area contributed by atoms with Crippen molar-refractivity contribution in [3.63, 3.8) is 0 Å². The van der Waals surface area contributed by atoms with Crippen molar-refractivity contribution in [3.8, 4) is 5.88 Å². The number of piperidine rings is 1. The van der Waals surface area contributed by atoms with Gasteiger partial charge in [-0.15, -0.1) is 5.10 Å². The highest BCUT2D eigenvalue weighted by Gasteiger charge is 2.56. The predicted octanol–water partition coefficient (Wildman–Crippen LogP) is 2.94. The zero-order valence-electron chi connectivity index (χ0n) is 20.8. The van der Waals surface area contributed by atoms with Gasteiger partial charge in [-0.25, -0.2) is 4.98 Å². The second kappa shape index (κ2) is 8.90. The molecule has 1 saturated heterocycles. The van der Waals surface area contributed by atoms with E-state index in [0.717, 1.165) is 31.6 Å². The second-order valence-electron chi connectivity index (χ2n) is 9.37. The number of amides is 1. The highest BCUT2D eigenvalue weighted by molar-refractivity contribution is 5.90. The van der Waals surface area contributed by atoms with Gasteiger partial charge < -0.3 is 24.1 Å². The largest absolute Gasteiger partial charge is 0.478 e. The quantitative estimate of drug-likeness (QED) is 0.523. The number of anilines is 2. The van der Waals surface area contributed by atoms with E-state index in [2.05, 4.69) is 22.0 Å². The first kappa shape index (κ1) is 23.2. The molecule has 186 valence electrons. The molecule has 6 rings (SSSR count). The van der Waals surface area contributed by atoms with Gasteiger partial charge in [-0.2, -0.15) is 0 Å². The van der Waals surface area contributed by atoms with Crippen molar-refractivity contribution in [2.75, 3.05) is 25.5 Å². The first-order valence-corrected chi connectivity index (χ1v) is 12.3. The average Bonchev–Trinajstić information content (AvgIpc) is 3.63. The van der Waals surface area contributed by atoms with Crippen molar-refractivity contribution in [3.05, 3.63) is 41.7 Å². The van der Waals surface area contributed by atoms with Crippen LogP contribution in [0.3, 0.4) is 0 Å². The number of fused-ring (bicyclic) bond motifs is 2. The third-order valence-electron chi connectivity index (χ3n) is 7.26. The van der Waals surface area contributed by atoms with Crippen LogP contribution >= 0.6 is 0 Å². The molecule has 2 aliphatic carbocycles. The van der Waals surface area contributed by atoms with Crippen molar-refractivity contribution in [1.29, 1.82) is 0 Å². The van der Waals surface area contributed by atoms with E-state index >= 15 is 0 Å². The molecule has 3 aromatic rings. The lowest BCUT2D eigenvalue weighted by Gasteiger charge is -2.19. The molecule has 4 heterocycles. The lowest BCUT2D eigenvalue weighted by atomic mass is 10.2. The van der Waals surface area contributed by atoms with Crippen LogP contribution in [0.15, 0.2) is 36.2 Å². The molecule has 0 radical (unpaired) electrons. The molecule has 35 heavy (non-hydrogen) atoms. The molecule has 10 heteroatoms. The molecule has 1 N–H and O–H groups in total. The Morgan fingerprint density at radius 3 is 2.57 bits per heavy atom. The second-order valence-corrected chi connectivity index (χ2v) is 9.37. The molecule has 0 aromatic carbocycles. The van der Waals surface area contributed by atoms with Gasteiger partial charge in [0, 0.05) is 38.9 Å². The molecule has 2 atom stereocenters. The summed E-state index contributed by atoms with van der Waals surface area (Å²) < 4.78 is 10.9. The number of pyridine rings is 1. The summed E-state index contributed by atoms with van der Waals surface area (Å²) in [5.41, 5.74) is 2.76. The minimum Gasteiger partial charge on any atom is -0.478 e. The minimum atomic E-state index is -0.0119. The number of methoxy groups -OCH3 is 1. The molecule has 10 nitrogen and oxygen atoms in total. The van der Waals surface area contributed by atoms with Crippen LogP contribution < -0.4 is 15.6 Å². The zero-order valence-corrected chi connectivity index (χ0v) is 20.8. The molecule has 2 saturated carbocycles. The summed E-state index contributed by atoms with van der Waals surface area (Å²) in [5.74, 6) is 1.75. The standard InChI is InChI=1S/C23H27N7O3.C2H6/c1-4-19(31)28-7-14-15(8-28)16(14)9-29-11-17(25-18-10-27(2)26-22(18)33-3)20-21(23(29)32)30(12-24-20)13-5-6-13;1-2/h4,10-16,25H,1,5-9H2,2-3H3;1-2H3. The highest BCUT2D eigenvalue weighted by atomic mass is 16.5. The summed E-state index contributed by atoms with van der Waals surface area (Å²) in [6.07, 6.45) is 9.00. The maximum Gasteiger partial charge on any atom is 0.276 e. The molecule has 3 aromatic heterocycles. The Balaban J connectivity index is 0.00000124. The highest BCUT2D eigenvalue weighted by Crippen LogP contribution is 2.52. The Bertz CT molecular complexity index is 1320. The van der Waals surface area contributed by atoms with Gasteiger partial charge in [-0.1, -0.05) is 20.4 Å². The Kier molecular flexibility index (Phi) is 5.90. The third kappa shape index (κ3) is 4.00. The normalized spacial score (nSPS) is 22.4. The van der Waals surface area contributed by atoms with Crippen LogP contribution in [0.5, 0.6) is 5.88 Å². The van der Waals surface area contributed by atoms with Crippen LogP contribution in [0, 0.1) is 17.8 Å². The summed E-state index contributed by atoms with van der Waals surface area (Å²) >= 11 is 0. The maximum atomic E-state index is 13.5. The molecule has 0 spiro atoms. The van der Waals surface area contributed by atoms with Crippen LogP contribution in [0.1, 0.15) is 32.7 Å². The maximum absolute atomic E-state index is 13.5. The SMILES string of the molecule is C=CC(=O)N1CC2C(C1)C2Cn1cc(Nc2cn(C)nc2OC)c2ncn(C3CC3)c2c1=O.CC. The number of likely N-dealkylation sites (tertiary alicyclic amines) is 1. The first-order chi connectivity index (χ1) is 17.0. The van der Waals surface area contributed by atoms with Crippen molar-refractivity contribution >= 4 is 28.3 Å². The van der Waals surface area contributed by atoms with Crippen LogP contribution in [-0.4, -0.2) is 54.9 Å². The Morgan fingerprint density at radius 1 is 1.23 bits per heavy atom. The first-order valence-electron chi connectivity index (χ1n) is 12.3. The van der Waals surface area contributed by atoms with Crippen molar-refractivity contribution in [2.45, 2.75) is 39.3 Å². The van der Waals surface area contributed by atoms with E-state index in [0.29, 0.717) is 52.9 Å². The van der Waals surface area contributed by atoms with E-state index in [1.54, 1.807) is 18.1 Å². The van der Waals surface area contributed by atoms with Gasteiger partial charge in [0.2, 0.25) is 5.91 Å². The topological polar surface area (TPSA) is 99.2 Å². The molecule has 3 aliphatic rings. The number of imidazole rings is 1. The number of hydrogen-bond acceptors (Lipinski definition) is 6. The van der Waals surface area contributed by atoms with Gasteiger partial charge in [0.05, 0.1) is 25.3 Å². The summed E-state index contributed by atoms with van der Waals surface area (Å²) in [6.45, 7) is 9.71. The fraction of sp³-hybridized carbons (Fsp3) is 0.520. The number of aryl methyl sites for hydroxylation is 1. The molecule has 3 fully saturated rings.